The highest BCUT2D eigenvalue weighted by molar-refractivity contribution is 6.12. The van der Waals surface area contributed by atoms with Gasteiger partial charge in [0.2, 0.25) is 5.56 Å². The van der Waals surface area contributed by atoms with E-state index >= 15 is 0 Å². The number of H-pyrrole nitrogens is 1. The predicted molar refractivity (Wildman–Crippen MR) is 104 cm³/mol. The second kappa shape index (κ2) is 7.08. The second-order valence-corrected chi connectivity index (χ2v) is 6.25. The largest absolute Gasteiger partial charge is 0.322 e. The second-order valence-electron chi connectivity index (χ2n) is 6.25. The number of carbonyl (C=O) groups is 1. The van der Waals surface area contributed by atoms with Gasteiger partial charge in [-0.05, 0) is 35.9 Å². The Balaban J connectivity index is 1.78. The zero-order valence-corrected chi connectivity index (χ0v) is 14.5. The highest BCUT2D eigenvalue weighted by Crippen LogP contribution is 2.27. The number of halogens is 2. The van der Waals surface area contributed by atoms with E-state index in [-0.39, 0.29) is 17.1 Å². The fourth-order valence-corrected chi connectivity index (χ4v) is 3.08. The first-order valence-corrected chi connectivity index (χ1v) is 8.50. The van der Waals surface area contributed by atoms with E-state index in [4.69, 9.17) is 0 Å². The Hall–Kier alpha value is -3.80. The number of benzene rings is 3. The number of carbonyl (C=O) groups excluding carboxylic acids is 1. The Morgan fingerprint density at radius 3 is 2.50 bits per heavy atom. The van der Waals surface area contributed by atoms with Crippen LogP contribution in [0.25, 0.3) is 22.0 Å². The van der Waals surface area contributed by atoms with Crippen molar-refractivity contribution < 1.29 is 13.6 Å². The Kier molecular flexibility index (Phi) is 4.45. The minimum atomic E-state index is -0.541. The van der Waals surface area contributed by atoms with Gasteiger partial charge in [-0.25, -0.2) is 8.78 Å². The lowest BCUT2D eigenvalue weighted by atomic mass is 10.0. The minimum Gasteiger partial charge on any atom is -0.322 e. The molecule has 0 saturated heterocycles. The van der Waals surface area contributed by atoms with Crippen molar-refractivity contribution in [3.63, 3.8) is 0 Å². The summed E-state index contributed by atoms with van der Waals surface area (Å²) >= 11 is 0. The molecule has 0 saturated carbocycles. The smallest absolute Gasteiger partial charge is 0.256 e. The zero-order chi connectivity index (χ0) is 19.7. The van der Waals surface area contributed by atoms with Crippen molar-refractivity contribution in [3.05, 3.63) is 100 Å². The number of hydrogen-bond donors (Lipinski definition) is 2. The molecule has 0 atom stereocenters. The maximum absolute atomic E-state index is 14.1. The van der Waals surface area contributed by atoms with Gasteiger partial charge in [-0.3, -0.25) is 9.59 Å². The third kappa shape index (κ3) is 3.40. The first-order chi connectivity index (χ1) is 13.5. The van der Waals surface area contributed by atoms with Crippen LogP contribution in [-0.2, 0) is 0 Å². The summed E-state index contributed by atoms with van der Waals surface area (Å²) in [4.78, 5) is 27.4. The molecular weight excluding hydrogens is 362 g/mol. The van der Waals surface area contributed by atoms with Gasteiger partial charge in [0.1, 0.15) is 11.6 Å². The number of rotatable bonds is 3. The summed E-state index contributed by atoms with van der Waals surface area (Å²) in [5.74, 6) is -1.41. The maximum Gasteiger partial charge on any atom is 0.256 e. The molecule has 138 valence electrons. The zero-order valence-electron chi connectivity index (χ0n) is 14.5. The SMILES string of the molecule is O=C(Nc1cccc(F)c1)c1cc(=O)[nH]c2cc(-c3ccccc3F)ccc12. The Morgan fingerprint density at radius 1 is 0.893 bits per heavy atom. The quantitative estimate of drug-likeness (QED) is 0.543. The van der Waals surface area contributed by atoms with Crippen molar-refractivity contribution in [2.75, 3.05) is 5.32 Å². The molecule has 28 heavy (non-hydrogen) atoms. The molecule has 4 aromatic rings. The van der Waals surface area contributed by atoms with Gasteiger partial charge in [0.05, 0.1) is 5.56 Å². The first-order valence-electron chi connectivity index (χ1n) is 8.50. The number of anilines is 1. The summed E-state index contributed by atoms with van der Waals surface area (Å²) in [6.45, 7) is 0. The standard InChI is InChI=1S/C22H14F2N2O2/c23-14-4-3-5-15(11-14)25-22(28)18-12-21(27)26-20-10-13(8-9-17(18)20)16-6-1-2-7-19(16)24/h1-12H,(H,25,28)(H,26,27). The number of fused-ring (bicyclic) bond motifs is 1. The molecule has 0 unspecified atom stereocenters. The number of hydrogen-bond acceptors (Lipinski definition) is 2. The minimum absolute atomic E-state index is 0.142. The normalized spacial score (nSPS) is 10.8. The van der Waals surface area contributed by atoms with Crippen LogP contribution in [0.1, 0.15) is 10.4 Å². The molecule has 4 nitrogen and oxygen atoms in total. The molecule has 0 aliphatic rings. The summed E-state index contributed by atoms with van der Waals surface area (Å²) in [6, 6.07) is 17.9. The van der Waals surface area contributed by atoms with Crippen LogP contribution < -0.4 is 10.9 Å². The van der Waals surface area contributed by atoms with Gasteiger partial charge in [0.15, 0.2) is 0 Å². The van der Waals surface area contributed by atoms with Gasteiger partial charge in [0.25, 0.3) is 5.91 Å². The monoisotopic (exact) mass is 376 g/mol. The van der Waals surface area contributed by atoms with Gasteiger partial charge in [-0.2, -0.15) is 0 Å². The molecule has 0 radical (unpaired) electrons. The van der Waals surface area contributed by atoms with Crippen LogP contribution in [0.4, 0.5) is 14.5 Å². The Labute approximate surface area is 158 Å². The average Bonchev–Trinajstić information content (AvgIpc) is 2.67. The fourth-order valence-electron chi connectivity index (χ4n) is 3.08. The van der Waals surface area contributed by atoms with Gasteiger partial charge in [-0.1, -0.05) is 36.4 Å². The van der Waals surface area contributed by atoms with E-state index in [0.717, 1.165) is 0 Å². The van der Waals surface area contributed by atoms with Crippen molar-refractivity contribution >= 4 is 22.5 Å². The lowest BCUT2D eigenvalue weighted by Crippen LogP contribution is -2.17. The van der Waals surface area contributed by atoms with E-state index in [0.29, 0.717) is 22.0 Å². The molecule has 0 fully saturated rings. The summed E-state index contributed by atoms with van der Waals surface area (Å²) < 4.78 is 27.4. The van der Waals surface area contributed by atoms with E-state index in [1.165, 1.54) is 30.3 Å². The van der Waals surface area contributed by atoms with Crippen molar-refractivity contribution in [1.82, 2.24) is 4.98 Å². The van der Waals surface area contributed by atoms with Gasteiger partial charge in [-0.15, -0.1) is 0 Å². The van der Waals surface area contributed by atoms with E-state index in [1.807, 2.05) is 0 Å². The van der Waals surface area contributed by atoms with E-state index in [1.54, 1.807) is 42.5 Å². The van der Waals surface area contributed by atoms with Crippen LogP contribution in [0.5, 0.6) is 0 Å². The molecule has 1 heterocycles. The highest BCUT2D eigenvalue weighted by atomic mass is 19.1. The van der Waals surface area contributed by atoms with Crippen molar-refractivity contribution in [2.24, 2.45) is 0 Å². The van der Waals surface area contributed by atoms with Gasteiger partial charge >= 0.3 is 0 Å². The molecule has 0 aliphatic carbocycles. The lowest BCUT2D eigenvalue weighted by molar-refractivity contribution is 0.102. The molecule has 2 N–H and O–H groups in total. The van der Waals surface area contributed by atoms with Gasteiger partial charge in [0, 0.05) is 28.2 Å². The maximum atomic E-state index is 14.1. The molecule has 6 heteroatoms. The van der Waals surface area contributed by atoms with Crippen LogP contribution in [-0.4, -0.2) is 10.9 Å². The predicted octanol–water partition coefficient (Wildman–Crippen LogP) is 4.73. The number of pyridine rings is 1. The van der Waals surface area contributed by atoms with Crippen molar-refractivity contribution in [2.45, 2.75) is 0 Å². The van der Waals surface area contributed by atoms with Crippen LogP contribution in [0.15, 0.2) is 77.6 Å². The molecular formula is C22H14F2N2O2. The molecule has 1 aromatic heterocycles. The topological polar surface area (TPSA) is 62.0 Å². The summed E-state index contributed by atoms with van der Waals surface area (Å²) in [6.07, 6.45) is 0. The highest BCUT2D eigenvalue weighted by Gasteiger charge is 2.14. The molecule has 4 rings (SSSR count). The van der Waals surface area contributed by atoms with Crippen LogP contribution in [0.2, 0.25) is 0 Å². The first kappa shape index (κ1) is 17.6. The molecule has 1 amide bonds. The average molecular weight is 376 g/mol. The third-order valence-electron chi connectivity index (χ3n) is 4.36. The van der Waals surface area contributed by atoms with E-state index in [9.17, 15) is 18.4 Å². The Bertz CT molecular complexity index is 1260. The summed E-state index contributed by atoms with van der Waals surface area (Å²) in [5.41, 5.74) is 1.31. The van der Waals surface area contributed by atoms with Crippen LogP contribution in [0.3, 0.4) is 0 Å². The van der Waals surface area contributed by atoms with E-state index in [2.05, 4.69) is 10.3 Å². The number of nitrogens with one attached hydrogen (secondary N) is 2. The number of aromatic nitrogens is 1. The van der Waals surface area contributed by atoms with Crippen molar-refractivity contribution in [3.8, 4) is 11.1 Å². The summed E-state index contributed by atoms with van der Waals surface area (Å²) in [5, 5.41) is 3.08. The summed E-state index contributed by atoms with van der Waals surface area (Å²) in [7, 11) is 0. The molecule has 3 aromatic carbocycles. The molecule has 0 bridgehead atoms. The van der Waals surface area contributed by atoms with Crippen molar-refractivity contribution in [1.29, 1.82) is 0 Å². The Morgan fingerprint density at radius 2 is 1.71 bits per heavy atom. The molecule has 0 spiro atoms. The van der Waals surface area contributed by atoms with Crippen LogP contribution >= 0.6 is 0 Å². The number of aromatic amines is 1. The van der Waals surface area contributed by atoms with Crippen LogP contribution in [0, 0.1) is 11.6 Å². The molecule has 0 aliphatic heterocycles. The third-order valence-corrected chi connectivity index (χ3v) is 4.36. The van der Waals surface area contributed by atoms with Gasteiger partial charge < -0.3 is 10.3 Å². The lowest BCUT2D eigenvalue weighted by Gasteiger charge is -2.10. The van der Waals surface area contributed by atoms with E-state index < -0.39 is 17.3 Å². The fraction of sp³-hybridized carbons (Fsp3) is 0. The number of amides is 1.